The number of hydrogen-bond acceptors (Lipinski definition) is 2. The van der Waals surface area contributed by atoms with Crippen molar-refractivity contribution in [1.82, 2.24) is 5.32 Å². The average molecular weight is 274 g/mol. The monoisotopic (exact) mass is 273 g/mol. The maximum Gasteiger partial charge on any atom is 0.260 e. The quantitative estimate of drug-likeness (QED) is 0.874. The van der Waals surface area contributed by atoms with Crippen LogP contribution in [0.2, 0.25) is 5.02 Å². The zero-order valence-electron chi connectivity index (χ0n) is 9.92. The summed E-state index contributed by atoms with van der Waals surface area (Å²) in [5.41, 5.74) is 0.568. The van der Waals surface area contributed by atoms with Crippen LogP contribution in [-0.2, 0) is 0 Å². The summed E-state index contributed by atoms with van der Waals surface area (Å²) in [6.07, 6.45) is -1.72. The first-order valence-corrected chi connectivity index (χ1v) is 6.20. The molecule has 1 atom stereocenters. The van der Waals surface area contributed by atoms with Gasteiger partial charge < -0.3 is 9.73 Å². The second-order valence-electron chi connectivity index (χ2n) is 4.10. The van der Waals surface area contributed by atoms with E-state index in [2.05, 4.69) is 5.32 Å². The Kier molecular flexibility index (Phi) is 4.19. The third-order valence-corrected chi connectivity index (χ3v) is 2.91. The Morgan fingerprint density at radius 3 is 2.78 bits per heavy atom. The molecule has 0 saturated carbocycles. The third kappa shape index (κ3) is 2.82. The van der Waals surface area contributed by atoms with E-state index in [-0.39, 0.29) is 5.76 Å². The number of rotatable bonds is 5. The molecule has 1 heterocycles. The standard InChI is InChI=1S/C13H14ClF2NO/c1-2-5-17-12(13(15)16)11-7-8-6-9(14)3-4-10(8)18-11/h3-4,6-7,12-13,17H,2,5H2,1H3. The van der Waals surface area contributed by atoms with Crippen molar-refractivity contribution in [2.45, 2.75) is 25.8 Å². The fourth-order valence-electron chi connectivity index (χ4n) is 1.80. The van der Waals surface area contributed by atoms with Gasteiger partial charge in [0.25, 0.3) is 6.43 Å². The Morgan fingerprint density at radius 2 is 2.11 bits per heavy atom. The molecule has 0 aliphatic heterocycles. The number of hydrogen-bond donors (Lipinski definition) is 1. The SMILES string of the molecule is CCCNC(c1cc2cc(Cl)ccc2o1)C(F)F. The zero-order chi connectivity index (χ0) is 13.1. The molecule has 1 aromatic heterocycles. The molecule has 0 saturated heterocycles. The molecule has 0 spiro atoms. The predicted octanol–water partition coefficient (Wildman–Crippen LogP) is 4.39. The van der Waals surface area contributed by atoms with E-state index in [0.29, 0.717) is 17.2 Å². The Balaban J connectivity index is 2.32. The van der Waals surface area contributed by atoms with Crippen molar-refractivity contribution in [2.24, 2.45) is 0 Å². The lowest BCUT2D eigenvalue weighted by atomic mass is 10.2. The highest BCUT2D eigenvalue weighted by atomic mass is 35.5. The molecule has 0 bridgehead atoms. The van der Waals surface area contributed by atoms with Crippen molar-refractivity contribution in [1.29, 1.82) is 0 Å². The minimum absolute atomic E-state index is 0.246. The molecule has 0 aliphatic carbocycles. The number of furan rings is 1. The van der Waals surface area contributed by atoms with E-state index in [9.17, 15) is 8.78 Å². The Morgan fingerprint density at radius 1 is 1.33 bits per heavy atom. The third-order valence-electron chi connectivity index (χ3n) is 2.67. The first kappa shape index (κ1) is 13.3. The van der Waals surface area contributed by atoms with E-state index < -0.39 is 12.5 Å². The molecular weight excluding hydrogens is 260 g/mol. The molecule has 1 unspecified atom stereocenters. The fourth-order valence-corrected chi connectivity index (χ4v) is 1.98. The predicted molar refractivity (Wildman–Crippen MR) is 68.3 cm³/mol. The lowest BCUT2D eigenvalue weighted by Gasteiger charge is -2.14. The molecule has 1 aromatic carbocycles. The normalized spacial score (nSPS) is 13.4. The average Bonchev–Trinajstić information content (AvgIpc) is 2.71. The van der Waals surface area contributed by atoms with Crippen molar-refractivity contribution < 1.29 is 13.2 Å². The van der Waals surface area contributed by atoms with E-state index in [1.807, 2.05) is 6.92 Å². The maximum absolute atomic E-state index is 13.0. The van der Waals surface area contributed by atoms with Crippen molar-refractivity contribution in [3.63, 3.8) is 0 Å². The molecule has 1 N–H and O–H groups in total. The maximum atomic E-state index is 13.0. The highest BCUT2D eigenvalue weighted by Crippen LogP contribution is 2.29. The number of fused-ring (bicyclic) bond motifs is 1. The van der Waals surface area contributed by atoms with E-state index in [0.717, 1.165) is 11.8 Å². The van der Waals surface area contributed by atoms with Gasteiger partial charge in [-0.2, -0.15) is 0 Å². The van der Waals surface area contributed by atoms with Crippen LogP contribution < -0.4 is 5.32 Å². The lowest BCUT2D eigenvalue weighted by Crippen LogP contribution is -2.27. The molecule has 98 valence electrons. The van der Waals surface area contributed by atoms with Crippen LogP contribution in [0.4, 0.5) is 8.78 Å². The summed E-state index contributed by atoms with van der Waals surface area (Å²) in [6.45, 7) is 2.45. The highest BCUT2D eigenvalue weighted by molar-refractivity contribution is 6.31. The molecule has 18 heavy (non-hydrogen) atoms. The smallest absolute Gasteiger partial charge is 0.260 e. The summed E-state index contributed by atoms with van der Waals surface area (Å²) in [7, 11) is 0. The van der Waals surface area contributed by atoms with E-state index >= 15 is 0 Å². The number of alkyl halides is 2. The van der Waals surface area contributed by atoms with Crippen molar-refractivity contribution in [3.05, 3.63) is 35.0 Å². The Bertz CT molecular complexity index is 527. The van der Waals surface area contributed by atoms with Gasteiger partial charge in [0.2, 0.25) is 0 Å². The molecule has 2 nitrogen and oxygen atoms in total. The molecular formula is C13H14ClF2NO. The van der Waals surface area contributed by atoms with Crippen LogP contribution >= 0.6 is 11.6 Å². The van der Waals surface area contributed by atoms with Gasteiger partial charge in [0.1, 0.15) is 17.4 Å². The zero-order valence-corrected chi connectivity index (χ0v) is 10.7. The second kappa shape index (κ2) is 5.67. The summed E-state index contributed by atoms with van der Waals surface area (Å²) in [5, 5.41) is 4.08. The molecule has 2 rings (SSSR count). The Labute approximate surface area is 109 Å². The topological polar surface area (TPSA) is 25.2 Å². The summed E-state index contributed by atoms with van der Waals surface area (Å²) < 4.78 is 31.4. The highest BCUT2D eigenvalue weighted by Gasteiger charge is 2.25. The van der Waals surface area contributed by atoms with Gasteiger partial charge in [-0.3, -0.25) is 0 Å². The summed E-state index contributed by atoms with van der Waals surface area (Å²) >= 11 is 5.85. The first-order valence-electron chi connectivity index (χ1n) is 5.82. The van der Waals surface area contributed by atoms with Crippen LogP contribution in [0.3, 0.4) is 0 Å². The van der Waals surface area contributed by atoms with Gasteiger partial charge in [0.05, 0.1) is 0 Å². The van der Waals surface area contributed by atoms with E-state index in [1.165, 1.54) is 0 Å². The number of benzene rings is 1. The molecule has 0 aliphatic rings. The minimum Gasteiger partial charge on any atom is -0.459 e. The van der Waals surface area contributed by atoms with E-state index in [1.54, 1.807) is 24.3 Å². The van der Waals surface area contributed by atoms with Crippen LogP contribution in [0.1, 0.15) is 25.1 Å². The lowest BCUT2D eigenvalue weighted by molar-refractivity contribution is 0.0889. The van der Waals surface area contributed by atoms with Gasteiger partial charge in [-0.25, -0.2) is 8.78 Å². The minimum atomic E-state index is -2.51. The van der Waals surface area contributed by atoms with Crippen LogP contribution in [0.25, 0.3) is 11.0 Å². The summed E-state index contributed by atoms with van der Waals surface area (Å²) in [5.74, 6) is 0.246. The van der Waals surface area contributed by atoms with Crippen LogP contribution in [-0.4, -0.2) is 13.0 Å². The van der Waals surface area contributed by atoms with E-state index in [4.69, 9.17) is 16.0 Å². The first-order chi connectivity index (χ1) is 8.61. The van der Waals surface area contributed by atoms with Crippen LogP contribution in [0.15, 0.2) is 28.7 Å². The molecule has 0 fully saturated rings. The van der Waals surface area contributed by atoms with Gasteiger partial charge in [0.15, 0.2) is 0 Å². The van der Waals surface area contributed by atoms with Crippen molar-refractivity contribution in [3.8, 4) is 0 Å². The second-order valence-corrected chi connectivity index (χ2v) is 4.53. The molecule has 0 radical (unpaired) electrons. The molecule has 0 amide bonds. The molecule has 5 heteroatoms. The van der Waals surface area contributed by atoms with Gasteiger partial charge in [0, 0.05) is 10.4 Å². The summed E-state index contributed by atoms with van der Waals surface area (Å²) in [4.78, 5) is 0. The number of nitrogens with one attached hydrogen (secondary N) is 1. The summed E-state index contributed by atoms with van der Waals surface area (Å²) in [6, 6.07) is 5.60. The fraction of sp³-hybridized carbons (Fsp3) is 0.385. The van der Waals surface area contributed by atoms with Gasteiger partial charge >= 0.3 is 0 Å². The van der Waals surface area contributed by atoms with Gasteiger partial charge in [-0.1, -0.05) is 18.5 Å². The largest absolute Gasteiger partial charge is 0.459 e. The van der Waals surface area contributed by atoms with Gasteiger partial charge in [-0.05, 0) is 37.2 Å². The number of halogens is 3. The van der Waals surface area contributed by atoms with Crippen LogP contribution in [0.5, 0.6) is 0 Å². The van der Waals surface area contributed by atoms with Crippen LogP contribution in [0, 0.1) is 0 Å². The molecule has 2 aromatic rings. The van der Waals surface area contributed by atoms with Gasteiger partial charge in [-0.15, -0.1) is 0 Å². The Hall–Kier alpha value is -1.13. The van der Waals surface area contributed by atoms with Crippen molar-refractivity contribution >= 4 is 22.6 Å². The van der Waals surface area contributed by atoms with Crippen molar-refractivity contribution in [2.75, 3.05) is 6.54 Å².